The average Bonchev–Trinajstić information content (AvgIpc) is 2.73. The second-order valence-corrected chi connectivity index (χ2v) is 6.74. The Morgan fingerprint density at radius 2 is 2.05 bits per heavy atom. The van der Waals surface area contributed by atoms with Crippen LogP contribution in [0.1, 0.15) is 32.5 Å². The van der Waals surface area contributed by atoms with Crippen LogP contribution in [0, 0.1) is 5.41 Å². The molecular formula is C14H26BrN3O2. The third-order valence-electron chi connectivity index (χ3n) is 3.36. The van der Waals surface area contributed by atoms with Gasteiger partial charge in [0.15, 0.2) is 0 Å². The highest BCUT2D eigenvalue weighted by Crippen LogP contribution is 2.35. The minimum Gasteiger partial charge on any atom is -0.383 e. The fourth-order valence-corrected chi connectivity index (χ4v) is 3.00. The van der Waals surface area contributed by atoms with Crippen LogP contribution in [0.15, 0.2) is 10.7 Å². The van der Waals surface area contributed by atoms with Crippen LogP contribution in [-0.2, 0) is 16.0 Å². The maximum absolute atomic E-state index is 5.75. The number of nitrogens with zero attached hydrogens (tertiary/aromatic N) is 2. The van der Waals surface area contributed by atoms with Crippen molar-refractivity contribution < 1.29 is 9.47 Å². The number of likely N-dealkylation sites (N-methyl/N-ethyl adjacent to an activating group) is 1. The van der Waals surface area contributed by atoms with Crippen molar-refractivity contribution in [3.63, 3.8) is 0 Å². The van der Waals surface area contributed by atoms with Gasteiger partial charge in [0.05, 0.1) is 41.7 Å². The molecule has 0 bridgehead atoms. The fourth-order valence-electron chi connectivity index (χ4n) is 2.46. The zero-order chi connectivity index (χ0) is 15.3. The predicted molar refractivity (Wildman–Crippen MR) is 83.9 cm³/mol. The van der Waals surface area contributed by atoms with Gasteiger partial charge < -0.3 is 14.8 Å². The van der Waals surface area contributed by atoms with E-state index >= 15 is 0 Å². The zero-order valence-electron chi connectivity index (χ0n) is 13.2. The van der Waals surface area contributed by atoms with Crippen molar-refractivity contribution in [2.24, 2.45) is 5.41 Å². The van der Waals surface area contributed by atoms with Crippen molar-refractivity contribution in [3.8, 4) is 0 Å². The Hall–Kier alpha value is -0.430. The fraction of sp³-hybridized carbons (Fsp3) is 0.786. The Morgan fingerprint density at radius 1 is 1.40 bits per heavy atom. The lowest BCUT2D eigenvalue weighted by Gasteiger charge is -2.36. The normalized spacial score (nSPS) is 15.3. The van der Waals surface area contributed by atoms with Gasteiger partial charge in [-0.2, -0.15) is 5.10 Å². The monoisotopic (exact) mass is 347 g/mol. The SMILES string of the molecule is CNC(c1c(Br)cnn1CCOC)C(OC)C(C)(C)C. The van der Waals surface area contributed by atoms with Gasteiger partial charge in [-0.05, 0) is 28.4 Å². The van der Waals surface area contributed by atoms with Crippen LogP contribution in [-0.4, -0.2) is 43.8 Å². The molecule has 2 unspecified atom stereocenters. The van der Waals surface area contributed by atoms with Crippen LogP contribution >= 0.6 is 15.9 Å². The van der Waals surface area contributed by atoms with Crippen molar-refractivity contribution in [3.05, 3.63) is 16.4 Å². The molecule has 0 spiro atoms. The van der Waals surface area contributed by atoms with Crippen molar-refractivity contribution >= 4 is 15.9 Å². The van der Waals surface area contributed by atoms with Crippen molar-refractivity contribution in [2.45, 2.75) is 39.5 Å². The van der Waals surface area contributed by atoms with Crippen LogP contribution in [0.4, 0.5) is 0 Å². The second-order valence-electron chi connectivity index (χ2n) is 5.88. The number of halogens is 1. The van der Waals surface area contributed by atoms with Crippen molar-refractivity contribution in [1.29, 1.82) is 0 Å². The summed E-state index contributed by atoms with van der Waals surface area (Å²) in [6.07, 6.45) is 1.85. The number of nitrogens with one attached hydrogen (secondary N) is 1. The molecule has 1 N–H and O–H groups in total. The van der Waals surface area contributed by atoms with E-state index in [-0.39, 0.29) is 17.6 Å². The Balaban J connectivity index is 3.14. The smallest absolute Gasteiger partial charge is 0.0829 e. The van der Waals surface area contributed by atoms with Gasteiger partial charge in [0.2, 0.25) is 0 Å². The third-order valence-corrected chi connectivity index (χ3v) is 3.97. The number of rotatable bonds is 7. The van der Waals surface area contributed by atoms with E-state index in [1.54, 1.807) is 14.2 Å². The molecule has 116 valence electrons. The van der Waals surface area contributed by atoms with E-state index in [9.17, 15) is 0 Å². The summed E-state index contributed by atoms with van der Waals surface area (Å²) in [5, 5.41) is 7.78. The van der Waals surface area contributed by atoms with Crippen molar-refractivity contribution in [2.75, 3.05) is 27.9 Å². The first-order chi connectivity index (χ1) is 9.36. The molecule has 6 heteroatoms. The summed E-state index contributed by atoms with van der Waals surface area (Å²) in [5.41, 5.74) is 1.10. The Labute approximate surface area is 130 Å². The molecule has 1 rings (SSSR count). The molecule has 0 radical (unpaired) electrons. The first kappa shape index (κ1) is 17.6. The highest BCUT2D eigenvalue weighted by atomic mass is 79.9. The summed E-state index contributed by atoms with van der Waals surface area (Å²) in [7, 11) is 5.40. The molecule has 1 aromatic heterocycles. The molecule has 0 aliphatic carbocycles. The van der Waals surface area contributed by atoms with Gasteiger partial charge in [-0.25, -0.2) is 0 Å². The molecule has 0 aliphatic heterocycles. The molecule has 1 aromatic rings. The molecule has 0 amide bonds. The van der Waals surface area contributed by atoms with Gasteiger partial charge in [0, 0.05) is 14.2 Å². The summed E-state index contributed by atoms with van der Waals surface area (Å²) in [6, 6.07) is 0.0498. The van der Waals surface area contributed by atoms with Crippen molar-refractivity contribution in [1.82, 2.24) is 15.1 Å². The van der Waals surface area contributed by atoms with E-state index in [1.165, 1.54) is 0 Å². The average molecular weight is 348 g/mol. The topological polar surface area (TPSA) is 48.3 Å². The van der Waals surface area contributed by atoms with E-state index in [0.29, 0.717) is 6.61 Å². The summed E-state index contributed by atoms with van der Waals surface area (Å²) >= 11 is 3.60. The minimum atomic E-state index is 0.0121. The second kappa shape index (κ2) is 7.54. The van der Waals surface area contributed by atoms with E-state index < -0.39 is 0 Å². The van der Waals surface area contributed by atoms with Crippen LogP contribution < -0.4 is 5.32 Å². The molecule has 0 aromatic carbocycles. The largest absolute Gasteiger partial charge is 0.383 e. The molecule has 2 atom stereocenters. The Kier molecular flexibility index (Phi) is 6.64. The van der Waals surface area contributed by atoms with Gasteiger partial charge in [-0.15, -0.1) is 0 Å². The standard InChI is InChI=1S/C14H26BrN3O2/c1-14(2,3)13(20-6)11(16-4)12-10(15)9-17-18(12)7-8-19-5/h9,11,13,16H,7-8H2,1-6H3. The lowest BCUT2D eigenvalue weighted by Crippen LogP contribution is -2.41. The van der Waals surface area contributed by atoms with Crippen LogP contribution in [0.2, 0.25) is 0 Å². The van der Waals surface area contributed by atoms with Crippen LogP contribution in [0.25, 0.3) is 0 Å². The number of hydrogen-bond donors (Lipinski definition) is 1. The van der Waals surface area contributed by atoms with E-state index in [4.69, 9.17) is 9.47 Å². The van der Waals surface area contributed by atoms with E-state index in [0.717, 1.165) is 16.7 Å². The Bertz CT molecular complexity index is 415. The highest BCUT2D eigenvalue weighted by molar-refractivity contribution is 9.10. The summed E-state index contributed by atoms with van der Waals surface area (Å²) in [5.74, 6) is 0. The maximum Gasteiger partial charge on any atom is 0.0829 e. The third kappa shape index (κ3) is 4.04. The first-order valence-electron chi connectivity index (χ1n) is 6.77. The quantitative estimate of drug-likeness (QED) is 0.823. The van der Waals surface area contributed by atoms with Gasteiger partial charge >= 0.3 is 0 Å². The molecule has 0 saturated carbocycles. The number of methoxy groups -OCH3 is 2. The van der Waals surface area contributed by atoms with Crippen LogP contribution in [0.3, 0.4) is 0 Å². The first-order valence-corrected chi connectivity index (χ1v) is 7.56. The predicted octanol–water partition coefficient (Wildman–Crippen LogP) is 2.61. The van der Waals surface area contributed by atoms with Gasteiger partial charge in [-0.1, -0.05) is 20.8 Å². The number of aromatic nitrogens is 2. The molecule has 0 aliphatic rings. The highest BCUT2D eigenvalue weighted by Gasteiger charge is 2.35. The molecule has 0 fully saturated rings. The summed E-state index contributed by atoms with van der Waals surface area (Å²) in [6.45, 7) is 7.88. The minimum absolute atomic E-state index is 0.0121. The van der Waals surface area contributed by atoms with E-state index in [1.807, 2.05) is 17.9 Å². The maximum atomic E-state index is 5.75. The Morgan fingerprint density at radius 3 is 2.50 bits per heavy atom. The number of ether oxygens (including phenoxy) is 2. The molecule has 20 heavy (non-hydrogen) atoms. The van der Waals surface area contributed by atoms with Gasteiger partial charge in [0.1, 0.15) is 0 Å². The molecule has 1 heterocycles. The zero-order valence-corrected chi connectivity index (χ0v) is 14.8. The summed E-state index contributed by atoms with van der Waals surface area (Å²) < 4.78 is 13.9. The lowest BCUT2D eigenvalue weighted by molar-refractivity contribution is -0.0126. The summed E-state index contributed by atoms with van der Waals surface area (Å²) in [4.78, 5) is 0. The van der Waals surface area contributed by atoms with Gasteiger partial charge in [-0.3, -0.25) is 4.68 Å². The number of hydrogen-bond acceptors (Lipinski definition) is 4. The molecular weight excluding hydrogens is 322 g/mol. The molecule has 0 saturated heterocycles. The van der Waals surface area contributed by atoms with Gasteiger partial charge in [0.25, 0.3) is 0 Å². The van der Waals surface area contributed by atoms with Crippen LogP contribution in [0.5, 0.6) is 0 Å². The van der Waals surface area contributed by atoms with E-state index in [2.05, 4.69) is 47.1 Å². The lowest BCUT2D eigenvalue weighted by atomic mass is 9.83. The molecule has 5 nitrogen and oxygen atoms in total.